The van der Waals surface area contributed by atoms with Crippen molar-refractivity contribution in [1.82, 2.24) is 4.90 Å². The van der Waals surface area contributed by atoms with E-state index in [0.29, 0.717) is 24.3 Å². The lowest BCUT2D eigenvalue weighted by molar-refractivity contribution is 0.0768. The fourth-order valence-electron chi connectivity index (χ4n) is 3.13. The highest BCUT2D eigenvalue weighted by Crippen LogP contribution is 2.20. The zero-order valence-electron chi connectivity index (χ0n) is 14.9. The number of nitrogens with one attached hydrogen (secondary N) is 1. The van der Waals surface area contributed by atoms with E-state index in [4.69, 9.17) is 0 Å². The van der Waals surface area contributed by atoms with Crippen molar-refractivity contribution in [3.8, 4) is 0 Å². The second-order valence-corrected chi connectivity index (χ2v) is 6.13. The lowest BCUT2D eigenvalue weighted by atomic mass is 10.1. The van der Waals surface area contributed by atoms with Crippen LogP contribution in [0, 0.1) is 0 Å². The number of para-hydroxylation sites is 2. The molecule has 2 aromatic rings. The van der Waals surface area contributed by atoms with E-state index < -0.39 is 6.09 Å². The number of rotatable bonds is 3. The molecule has 1 fully saturated rings. The van der Waals surface area contributed by atoms with Gasteiger partial charge in [-0.1, -0.05) is 30.3 Å². The van der Waals surface area contributed by atoms with E-state index in [1.807, 2.05) is 23.1 Å². The Bertz CT molecular complexity index is 764. The zero-order valence-corrected chi connectivity index (χ0v) is 14.9. The number of ether oxygens (including phenoxy) is 1. The van der Waals surface area contributed by atoms with Crippen molar-refractivity contribution < 1.29 is 14.3 Å². The van der Waals surface area contributed by atoms with Crippen LogP contribution in [-0.4, -0.2) is 50.2 Å². The van der Waals surface area contributed by atoms with Gasteiger partial charge in [-0.25, -0.2) is 4.79 Å². The van der Waals surface area contributed by atoms with E-state index in [0.717, 1.165) is 19.5 Å². The third kappa shape index (κ3) is 4.14. The van der Waals surface area contributed by atoms with Gasteiger partial charge in [0.05, 0.1) is 18.4 Å². The highest BCUT2D eigenvalue weighted by atomic mass is 16.5. The molecule has 2 aromatic carbocycles. The SMILES string of the molecule is COC(=O)Nc1ccccc1C(=O)N1CCCN(c2ccccc2)CC1. The van der Waals surface area contributed by atoms with E-state index >= 15 is 0 Å². The molecule has 6 nitrogen and oxygen atoms in total. The van der Waals surface area contributed by atoms with Crippen LogP contribution >= 0.6 is 0 Å². The first kappa shape index (κ1) is 17.8. The van der Waals surface area contributed by atoms with Crippen LogP contribution in [0.2, 0.25) is 0 Å². The van der Waals surface area contributed by atoms with Gasteiger partial charge in [-0.2, -0.15) is 0 Å². The fourth-order valence-corrected chi connectivity index (χ4v) is 3.13. The minimum absolute atomic E-state index is 0.0769. The van der Waals surface area contributed by atoms with Crippen molar-refractivity contribution in [3.05, 3.63) is 60.2 Å². The maximum absolute atomic E-state index is 13.0. The maximum Gasteiger partial charge on any atom is 0.411 e. The smallest absolute Gasteiger partial charge is 0.411 e. The Labute approximate surface area is 153 Å². The summed E-state index contributed by atoms with van der Waals surface area (Å²) in [6.07, 6.45) is 0.309. The zero-order chi connectivity index (χ0) is 18.4. The van der Waals surface area contributed by atoms with Gasteiger partial charge in [0.2, 0.25) is 0 Å². The molecular formula is C20H23N3O3. The van der Waals surface area contributed by atoms with E-state index in [1.54, 1.807) is 24.3 Å². The van der Waals surface area contributed by atoms with Gasteiger partial charge in [0, 0.05) is 31.9 Å². The van der Waals surface area contributed by atoms with E-state index in [9.17, 15) is 9.59 Å². The Hall–Kier alpha value is -3.02. The molecule has 0 bridgehead atoms. The molecule has 1 heterocycles. The molecule has 0 atom stereocenters. The normalized spacial score (nSPS) is 14.5. The van der Waals surface area contributed by atoms with Crippen molar-refractivity contribution in [3.63, 3.8) is 0 Å². The van der Waals surface area contributed by atoms with E-state index in [-0.39, 0.29) is 5.91 Å². The van der Waals surface area contributed by atoms with Gasteiger partial charge in [0.15, 0.2) is 0 Å². The summed E-state index contributed by atoms with van der Waals surface area (Å²) in [5, 5.41) is 2.61. The Kier molecular flexibility index (Phi) is 5.73. The second-order valence-electron chi connectivity index (χ2n) is 6.13. The topological polar surface area (TPSA) is 61.9 Å². The van der Waals surface area contributed by atoms with Crippen LogP contribution in [0.25, 0.3) is 0 Å². The summed E-state index contributed by atoms with van der Waals surface area (Å²) in [5.41, 5.74) is 2.12. The molecular weight excluding hydrogens is 330 g/mol. The van der Waals surface area contributed by atoms with Crippen LogP contribution in [0.3, 0.4) is 0 Å². The predicted octanol–water partition coefficient (Wildman–Crippen LogP) is 3.22. The van der Waals surface area contributed by atoms with Crippen LogP contribution < -0.4 is 10.2 Å². The van der Waals surface area contributed by atoms with Gasteiger partial charge < -0.3 is 14.5 Å². The molecule has 1 aliphatic rings. The minimum atomic E-state index is -0.587. The molecule has 2 amide bonds. The summed E-state index contributed by atoms with van der Waals surface area (Å²) in [6, 6.07) is 17.2. The number of hydrogen-bond donors (Lipinski definition) is 1. The molecule has 0 aliphatic carbocycles. The van der Waals surface area contributed by atoms with E-state index in [2.05, 4.69) is 27.1 Å². The molecule has 1 saturated heterocycles. The van der Waals surface area contributed by atoms with Crippen LogP contribution in [0.4, 0.5) is 16.2 Å². The van der Waals surface area contributed by atoms with Crippen molar-refractivity contribution in [1.29, 1.82) is 0 Å². The number of hydrogen-bond acceptors (Lipinski definition) is 4. The number of benzene rings is 2. The molecule has 1 aliphatic heterocycles. The number of amides is 2. The second kappa shape index (κ2) is 8.38. The monoisotopic (exact) mass is 353 g/mol. The van der Waals surface area contributed by atoms with Gasteiger partial charge in [0.25, 0.3) is 5.91 Å². The molecule has 0 saturated carbocycles. The quantitative estimate of drug-likeness (QED) is 0.920. The summed E-state index contributed by atoms with van der Waals surface area (Å²) in [6.45, 7) is 3.02. The van der Waals surface area contributed by atoms with Crippen LogP contribution in [-0.2, 0) is 4.74 Å². The summed E-state index contributed by atoms with van der Waals surface area (Å²) < 4.78 is 4.64. The molecule has 136 valence electrons. The van der Waals surface area contributed by atoms with Gasteiger partial charge in [-0.15, -0.1) is 0 Å². The third-order valence-corrected chi connectivity index (χ3v) is 4.48. The first-order valence-corrected chi connectivity index (χ1v) is 8.72. The van der Waals surface area contributed by atoms with Gasteiger partial charge in [-0.05, 0) is 30.7 Å². The molecule has 6 heteroatoms. The Morgan fingerprint density at radius 2 is 1.65 bits per heavy atom. The van der Waals surface area contributed by atoms with Crippen LogP contribution in [0.15, 0.2) is 54.6 Å². The van der Waals surface area contributed by atoms with Crippen molar-refractivity contribution in [2.45, 2.75) is 6.42 Å². The third-order valence-electron chi connectivity index (χ3n) is 4.48. The standard InChI is InChI=1S/C20H23N3O3/c1-26-20(25)21-18-11-6-5-10-17(18)19(24)23-13-7-12-22(14-15-23)16-8-3-2-4-9-16/h2-6,8-11H,7,12-15H2,1H3,(H,21,25). The van der Waals surface area contributed by atoms with Gasteiger partial charge >= 0.3 is 6.09 Å². The molecule has 0 unspecified atom stereocenters. The highest BCUT2D eigenvalue weighted by Gasteiger charge is 2.22. The molecule has 0 spiro atoms. The van der Waals surface area contributed by atoms with Crippen molar-refractivity contribution in [2.24, 2.45) is 0 Å². The molecule has 0 radical (unpaired) electrons. The summed E-state index contributed by atoms with van der Waals surface area (Å²) in [4.78, 5) is 28.7. The maximum atomic E-state index is 13.0. The average molecular weight is 353 g/mol. The summed E-state index contributed by atoms with van der Waals surface area (Å²) in [7, 11) is 1.30. The number of nitrogens with zero attached hydrogens (tertiary/aromatic N) is 2. The molecule has 1 N–H and O–H groups in total. The van der Waals surface area contributed by atoms with Gasteiger partial charge in [-0.3, -0.25) is 10.1 Å². The first-order chi connectivity index (χ1) is 12.7. The van der Waals surface area contributed by atoms with Crippen molar-refractivity contribution in [2.75, 3.05) is 43.5 Å². The number of methoxy groups -OCH3 is 1. The van der Waals surface area contributed by atoms with E-state index in [1.165, 1.54) is 12.8 Å². The Morgan fingerprint density at radius 1 is 0.923 bits per heavy atom. The van der Waals surface area contributed by atoms with Gasteiger partial charge in [0.1, 0.15) is 0 Å². The van der Waals surface area contributed by atoms with Crippen LogP contribution in [0.1, 0.15) is 16.8 Å². The summed E-state index contributed by atoms with van der Waals surface area (Å²) in [5.74, 6) is -0.0769. The largest absolute Gasteiger partial charge is 0.453 e. The number of carbonyl (C=O) groups is 2. The number of anilines is 2. The Balaban J connectivity index is 1.72. The fraction of sp³-hybridized carbons (Fsp3) is 0.300. The highest BCUT2D eigenvalue weighted by molar-refractivity contribution is 6.02. The minimum Gasteiger partial charge on any atom is -0.453 e. The average Bonchev–Trinajstić information content (AvgIpc) is 2.95. The Morgan fingerprint density at radius 3 is 2.42 bits per heavy atom. The lowest BCUT2D eigenvalue weighted by Crippen LogP contribution is -2.35. The first-order valence-electron chi connectivity index (χ1n) is 8.72. The molecule has 26 heavy (non-hydrogen) atoms. The molecule has 3 rings (SSSR count). The lowest BCUT2D eigenvalue weighted by Gasteiger charge is -2.24. The number of carbonyl (C=O) groups excluding carboxylic acids is 2. The van der Waals surface area contributed by atoms with Crippen molar-refractivity contribution >= 4 is 23.4 Å². The molecule has 0 aromatic heterocycles. The van der Waals surface area contributed by atoms with Crippen LogP contribution in [0.5, 0.6) is 0 Å². The summed E-state index contributed by atoms with van der Waals surface area (Å²) >= 11 is 0. The predicted molar refractivity (Wildman–Crippen MR) is 102 cm³/mol.